The van der Waals surface area contributed by atoms with Gasteiger partial charge in [0.1, 0.15) is 23.8 Å². The lowest BCUT2D eigenvalue weighted by Crippen LogP contribution is -2.24. The van der Waals surface area contributed by atoms with Crippen LogP contribution in [0.3, 0.4) is 0 Å². The average molecular weight is 415 g/mol. The molecule has 4 aromatic rings. The van der Waals surface area contributed by atoms with Crippen molar-refractivity contribution >= 4 is 11.6 Å². The van der Waals surface area contributed by atoms with Crippen LogP contribution in [0.2, 0.25) is 0 Å². The summed E-state index contributed by atoms with van der Waals surface area (Å²) in [6, 6.07) is 18.3. The largest absolute Gasteiger partial charge is 0.508 e. The Morgan fingerprint density at radius 3 is 2.77 bits per heavy atom. The van der Waals surface area contributed by atoms with Crippen molar-refractivity contribution in [2.75, 3.05) is 6.54 Å². The predicted octanol–water partition coefficient (Wildman–Crippen LogP) is 4.29. The second-order valence-corrected chi connectivity index (χ2v) is 7.55. The molecule has 6 nitrogen and oxygen atoms in total. The molecule has 0 atom stereocenters. The van der Waals surface area contributed by atoms with Gasteiger partial charge in [-0.3, -0.25) is 4.79 Å². The minimum absolute atomic E-state index is 0.126. The maximum absolute atomic E-state index is 12.5. The van der Waals surface area contributed by atoms with Gasteiger partial charge in [0, 0.05) is 24.5 Å². The maximum atomic E-state index is 12.5. The number of pyridine rings is 1. The summed E-state index contributed by atoms with van der Waals surface area (Å²) >= 11 is 0. The highest BCUT2D eigenvalue weighted by molar-refractivity contribution is 5.94. The Balaban J connectivity index is 1.28. The number of hydrogen-bond donors (Lipinski definition) is 2. The fourth-order valence-corrected chi connectivity index (χ4v) is 3.37. The molecule has 6 heteroatoms. The summed E-state index contributed by atoms with van der Waals surface area (Å²) in [6.07, 6.45) is 5.63. The first-order chi connectivity index (χ1) is 15.1. The van der Waals surface area contributed by atoms with Gasteiger partial charge in [-0.05, 0) is 67.3 Å². The summed E-state index contributed by atoms with van der Waals surface area (Å²) in [5.74, 6) is 0.764. The zero-order valence-corrected chi connectivity index (χ0v) is 17.4. The molecule has 0 aliphatic heterocycles. The van der Waals surface area contributed by atoms with E-state index in [0.717, 1.165) is 29.7 Å². The van der Waals surface area contributed by atoms with Crippen molar-refractivity contribution in [3.63, 3.8) is 0 Å². The molecule has 4 rings (SSSR count). The summed E-state index contributed by atoms with van der Waals surface area (Å²) in [6.45, 7) is 2.95. The Kier molecular flexibility index (Phi) is 6.17. The lowest BCUT2D eigenvalue weighted by Gasteiger charge is -2.08. The number of ether oxygens (including phenoxy) is 1. The van der Waals surface area contributed by atoms with Crippen LogP contribution in [0.5, 0.6) is 11.5 Å². The van der Waals surface area contributed by atoms with Gasteiger partial charge in [-0.2, -0.15) is 0 Å². The van der Waals surface area contributed by atoms with Gasteiger partial charge in [0.25, 0.3) is 5.91 Å². The number of imidazole rings is 1. The van der Waals surface area contributed by atoms with E-state index < -0.39 is 0 Å². The van der Waals surface area contributed by atoms with Gasteiger partial charge in [-0.15, -0.1) is 0 Å². The number of fused-ring (bicyclic) bond motifs is 1. The number of hydrogen-bond acceptors (Lipinski definition) is 4. The molecule has 0 saturated heterocycles. The molecule has 0 aliphatic rings. The van der Waals surface area contributed by atoms with Gasteiger partial charge in [0.05, 0.1) is 5.69 Å². The highest BCUT2D eigenvalue weighted by Crippen LogP contribution is 2.16. The van der Waals surface area contributed by atoms with E-state index in [0.29, 0.717) is 24.5 Å². The van der Waals surface area contributed by atoms with Crippen LogP contribution in [-0.4, -0.2) is 26.9 Å². The first-order valence-electron chi connectivity index (χ1n) is 10.3. The Morgan fingerprint density at radius 1 is 1.10 bits per heavy atom. The van der Waals surface area contributed by atoms with Gasteiger partial charge in [0.15, 0.2) is 0 Å². The van der Waals surface area contributed by atoms with Crippen molar-refractivity contribution in [3.8, 4) is 11.5 Å². The molecular formula is C25H25N3O3. The summed E-state index contributed by atoms with van der Waals surface area (Å²) < 4.78 is 7.84. The van der Waals surface area contributed by atoms with E-state index in [1.54, 1.807) is 24.3 Å². The van der Waals surface area contributed by atoms with Crippen LogP contribution in [0.1, 0.15) is 33.6 Å². The molecule has 2 N–H and O–H groups in total. The van der Waals surface area contributed by atoms with E-state index in [4.69, 9.17) is 4.74 Å². The molecule has 158 valence electrons. The van der Waals surface area contributed by atoms with Crippen molar-refractivity contribution in [3.05, 3.63) is 95.4 Å². The molecule has 0 fully saturated rings. The Bertz CT molecular complexity index is 1180. The van der Waals surface area contributed by atoms with Crippen LogP contribution in [0.25, 0.3) is 5.65 Å². The number of aromatic nitrogens is 2. The van der Waals surface area contributed by atoms with Crippen LogP contribution in [0, 0.1) is 6.92 Å². The van der Waals surface area contributed by atoms with E-state index in [9.17, 15) is 9.90 Å². The molecule has 0 unspecified atom stereocenters. The number of nitrogens with one attached hydrogen (secondary N) is 1. The average Bonchev–Trinajstić information content (AvgIpc) is 3.18. The number of rotatable bonds is 8. The smallest absolute Gasteiger partial charge is 0.251 e. The maximum Gasteiger partial charge on any atom is 0.251 e. The third-order valence-corrected chi connectivity index (χ3v) is 5.00. The molecule has 2 heterocycles. The standard InChI is InChI=1S/C25H25N3O3/c1-18-7-12-24-27-21(16-28(24)15-18)17-31-23-6-2-5-20(14-23)25(30)26-13-3-4-19-8-10-22(29)11-9-19/h2,5-12,14-16,29H,3-4,13,17H2,1H3,(H,26,30). The van der Waals surface area contributed by atoms with Crippen LogP contribution >= 0.6 is 0 Å². The molecule has 0 spiro atoms. The lowest BCUT2D eigenvalue weighted by molar-refractivity contribution is 0.0952. The van der Waals surface area contributed by atoms with Gasteiger partial charge in [-0.25, -0.2) is 4.98 Å². The monoisotopic (exact) mass is 415 g/mol. The summed E-state index contributed by atoms with van der Waals surface area (Å²) in [5, 5.41) is 12.3. The van der Waals surface area contributed by atoms with Gasteiger partial charge in [0.2, 0.25) is 0 Å². The third-order valence-electron chi connectivity index (χ3n) is 5.00. The molecule has 2 aromatic carbocycles. The highest BCUT2D eigenvalue weighted by Gasteiger charge is 2.08. The number of nitrogens with zero attached hydrogens (tertiary/aromatic N) is 2. The summed E-state index contributed by atoms with van der Waals surface area (Å²) in [5.41, 5.74) is 4.57. The number of carbonyl (C=O) groups excluding carboxylic acids is 1. The van der Waals surface area contributed by atoms with Crippen molar-refractivity contribution < 1.29 is 14.6 Å². The third kappa shape index (κ3) is 5.42. The normalized spacial score (nSPS) is 10.9. The van der Waals surface area contributed by atoms with Crippen molar-refractivity contribution in [1.82, 2.24) is 14.7 Å². The van der Waals surface area contributed by atoms with E-state index >= 15 is 0 Å². The van der Waals surface area contributed by atoms with Gasteiger partial charge < -0.3 is 19.6 Å². The van der Waals surface area contributed by atoms with Crippen LogP contribution in [0.4, 0.5) is 0 Å². The zero-order valence-electron chi connectivity index (χ0n) is 17.4. The van der Waals surface area contributed by atoms with E-state index in [2.05, 4.69) is 10.3 Å². The Morgan fingerprint density at radius 2 is 1.94 bits per heavy atom. The second kappa shape index (κ2) is 9.34. The summed E-state index contributed by atoms with van der Waals surface area (Å²) in [7, 11) is 0. The minimum atomic E-state index is -0.126. The zero-order chi connectivity index (χ0) is 21.6. The van der Waals surface area contributed by atoms with Crippen LogP contribution in [-0.2, 0) is 13.0 Å². The van der Waals surface area contributed by atoms with Gasteiger partial charge >= 0.3 is 0 Å². The second-order valence-electron chi connectivity index (χ2n) is 7.55. The molecule has 0 saturated carbocycles. The number of aryl methyl sites for hydroxylation is 2. The van der Waals surface area contributed by atoms with E-state index in [1.165, 1.54) is 5.56 Å². The molecule has 0 aliphatic carbocycles. The van der Waals surface area contributed by atoms with Crippen LogP contribution < -0.4 is 10.1 Å². The molecule has 1 amide bonds. The highest BCUT2D eigenvalue weighted by atomic mass is 16.5. The van der Waals surface area contributed by atoms with Crippen molar-refractivity contribution in [2.24, 2.45) is 0 Å². The molecule has 0 bridgehead atoms. The number of benzene rings is 2. The lowest BCUT2D eigenvalue weighted by atomic mass is 10.1. The minimum Gasteiger partial charge on any atom is -0.508 e. The molecule has 31 heavy (non-hydrogen) atoms. The number of phenols is 1. The number of amides is 1. The number of phenolic OH excluding ortho intramolecular Hbond substituents is 1. The van der Waals surface area contributed by atoms with E-state index in [1.807, 2.05) is 60.1 Å². The fourth-order valence-electron chi connectivity index (χ4n) is 3.37. The van der Waals surface area contributed by atoms with Crippen LogP contribution in [0.15, 0.2) is 73.1 Å². The van der Waals surface area contributed by atoms with E-state index in [-0.39, 0.29) is 11.7 Å². The Hall–Kier alpha value is -3.80. The number of aromatic hydroxyl groups is 1. The first kappa shape index (κ1) is 20.5. The van der Waals surface area contributed by atoms with Crippen molar-refractivity contribution in [1.29, 1.82) is 0 Å². The molecule has 0 radical (unpaired) electrons. The molecular weight excluding hydrogens is 390 g/mol. The first-order valence-corrected chi connectivity index (χ1v) is 10.3. The summed E-state index contributed by atoms with van der Waals surface area (Å²) in [4.78, 5) is 17.0. The van der Waals surface area contributed by atoms with Gasteiger partial charge in [-0.1, -0.05) is 24.3 Å². The fraction of sp³-hybridized carbons (Fsp3) is 0.200. The quantitative estimate of drug-likeness (QED) is 0.421. The topological polar surface area (TPSA) is 75.9 Å². The predicted molar refractivity (Wildman–Crippen MR) is 119 cm³/mol. The number of carbonyl (C=O) groups is 1. The SMILES string of the molecule is Cc1ccc2nc(COc3cccc(C(=O)NCCCc4ccc(O)cc4)c3)cn2c1. The molecule has 2 aromatic heterocycles. The van der Waals surface area contributed by atoms with Crippen molar-refractivity contribution in [2.45, 2.75) is 26.4 Å². The Labute approximate surface area is 181 Å².